The Morgan fingerprint density at radius 1 is 0.515 bits per heavy atom. The normalized spacial score (nSPS) is 13.8. The van der Waals surface area contributed by atoms with Gasteiger partial charge in [-0.25, -0.2) is 0 Å². The Bertz CT molecular complexity index is 953. The lowest BCUT2D eigenvalue weighted by molar-refractivity contribution is -0.141. The minimum atomic E-state index is -1.19. The molecule has 0 bridgehead atoms. The standard InChI is InChI=1S/C31H46O2/c1-27(2,3)20-16-14-18-22(24(20)29(7,8)9)31(13,26(32)33)23-19-15-17-21(28(4,5)6)25(23)30(10,11)12/h14-19H,1-13H3,(H,32,33). The van der Waals surface area contributed by atoms with Gasteiger partial charge in [0.15, 0.2) is 0 Å². The second-order valence-corrected chi connectivity index (χ2v) is 13.9. The van der Waals surface area contributed by atoms with Gasteiger partial charge in [0, 0.05) is 0 Å². The minimum absolute atomic E-state index is 0.0991. The maximum Gasteiger partial charge on any atom is 0.318 e. The third kappa shape index (κ3) is 5.05. The van der Waals surface area contributed by atoms with Crippen LogP contribution in [-0.4, -0.2) is 11.1 Å². The molecule has 0 aliphatic heterocycles. The molecule has 0 heterocycles. The summed E-state index contributed by atoms with van der Waals surface area (Å²) in [5, 5.41) is 10.9. The molecule has 2 aromatic carbocycles. The van der Waals surface area contributed by atoms with E-state index in [9.17, 15) is 9.90 Å². The molecule has 0 aromatic heterocycles. The minimum Gasteiger partial charge on any atom is -0.480 e. The maximum absolute atomic E-state index is 13.3. The Morgan fingerprint density at radius 2 is 0.788 bits per heavy atom. The molecule has 182 valence electrons. The van der Waals surface area contributed by atoms with Crippen molar-refractivity contribution in [2.75, 3.05) is 0 Å². The molecule has 0 amide bonds. The van der Waals surface area contributed by atoms with Crippen molar-refractivity contribution in [1.82, 2.24) is 0 Å². The Kier molecular flexibility index (Phi) is 6.82. The summed E-state index contributed by atoms with van der Waals surface area (Å²) in [4.78, 5) is 13.3. The van der Waals surface area contributed by atoms with Crippen molar-refractivity contribution in [3.05, 3.63) is 69.8 Å². The van der Waals surface area contributed by atoms with Gasteiger partial charge in [0.05, 0.1) is 0 Å². The van der Waals surface area contributed by atoms with Gasteiger partial charge < -0.3 is 5.11 Å². The van der Waals surface area contributed by atoms with Crippen LogP contribution in [0.1, 0.15) is 123 Å². The molecule has 0 fully saturated rings. The predicted octanol–water partition coefficient (Wildman–Crippen LogP) is 8.27. The van der Waals surface area contributed by atoms with Gasteiger partial charge in [-0.1, -0.05) is 119 Å². The van der Waals surface area contributed by atoms with Crippen LogP contribution in [0.4, 0.5) is 0 Å². The van der Waals surface area contributed by atoms with Crippen LogP contribution in [0.25, 0.3) is 0 Å². The van der Waals surface area contributed by atoms with Gasteiger partial charge in [-0.15, -0.1) is 0 Å². The summed E-state index contributed by atoms with van der Waals surface area (Å²) >= 11 is 0. The number of aliphatic carboxylic acids is 1. The van der Waals surface area contributed by atoms with E-state index < -0.39 is 11.4 Å². The largest absolute Gasteiger partial charge is 0.480 e. The number of rotatable bonds is 3. The van der Waals surface area contributed by atoms with Crippen molar-refractivity contribution in [1.29, 1.82) is 0 Å². The van der Waals surface area contributed by atoms with Crippen molar-refractivity contribution < 1.29 is 9.90 Å². The first-order chi connectivity index (χ1) is 14.6. The van der Waals surface area contributed by atoms with E-state index in [1.165, 1.54) is 11.1 Å². The van der Waals surface area contributed by atoms with E-state index in [0.717, 1.165) is 22.3 Å². The van der Waals surface area contributed by atoms with E-state index in [-0.39, 0.29) is 21.7 Å². The molecule has 0 spiro atoms. The van der Waals surface area contributed by atoms with Crippen LogP contribution < -0.4 is 0 Å². The lowest BCUT2D eigenvalue weighted by Gasteiger charge is -2.41. The number of carbonyl (C=O) groups is 1. The summed E-state index contributed by atoms with van der Waals surface area (Å²) in [7, 11) is 0. The Morgan fingerprint density at radius 3 is 1.00 bits per heavy atom. The Balaban J connectivity index is 3.16. The van der Waals surface area contributed by atoms with Gasteiger partial charge in [0.1, 0.15) is 5.41 Å². The molecule has 0 aliphatic carbocycles. The molecule has 33 heavy (non-hydrogen) atoms. The molecule has 0 atom stereocenters. The van der Waals surface area contributed by atoms with Crippen LogP contribution in [-0.2, 0) is 31.9 Å². The van der Waals surface area contributed by atoms with E-state index in [1.807, 2.05) is 31.2 Å². The van der Waals surface area contributed by atoms with Crippen molar-refractivity contribution >= 4 is 5.97 Å². The zero-order valence-electron chi connectivity index (χ0n) is 23.3. The van der Waals surface area contributed by atoms with Gasteiger partial charge in [-0.05, 0) is 62.0 Å². The SMILES string of the molecule is CC(C)(C)c1cccc(C(C)(C(=O)O)c2cccc(C(C)(C)C)c2C(C)(C)C)c1C(C)(C)C. The van der Waals surface area contributed by atoms with Gasteiger partial charge in [-0.3, -0.25) is 4.79 Å². The van der Waals surface area contributed by atoms with Gasteiger partial charge in [0.25, 0.3) is 0 Å². The highest BCUT2D eigenvalue weighted by Gasteiger charge is 2.45. The van der Waals surface area contributed by atoms with Crippen molar-refractivity contribution in [2.24, 2.45) is 0 Å². The predicted molar refractivity (Wildman–Crippen MR) is 142 cm³/mol. The van der Waals surface area contributed by atoms with E-state index in [1.54, 1.807) is 0 Å². The van der Waals surface area contributed by atoms with Crippen LogP contribution in [0.2, 0.25) is 0 Å². The molecule has 1 N–H and O–H groups in total. The number of carboxylic acids is 1. The fourth-order valence-corrected chi connectivity index (χ4v) is 5.18. The van der Waals surface area contributed by atoms with Crippen LogP contribution in [0.3, 0.4) is 0 Å². The zero-order chi connectivity index (χ0) is 25.8. The summed E-state index contributed by atoms with van der Waals surface area (Å²) in [6.07, 6.45) is 0. The highest BCUT2D eigenvalue weighted by Crippen LogP contribution is 2.47. The summed E-state index contributed by atoms with van der Waals surface area (Å²) in [6.45, 7) is 28.3. The number of hydrogen-bond acceptors (Lipinski definition) is 1. The van der Waals surface area contributed by atoms with E-state index in [2.05, 4.69) is 95.2 Å². The Hall–Kier alpha value is -2.09. The topological polar surface area (TPSA) is 37.3 Å². The maximum atomic E-state index is 13.3. The first kappa shape index (κ1) is 27.2. The number of benzene rings is 2. The molecule has 2 rings (SSSR count). The summed E-state index contributed by atoms with van der Waals surface area (Å²) in [5.41, 5.74) is 4.70. The van der Waals surface area contributed by atoms with Crippen LogP contribution >= 0.6 is 0 Å². The molecule has 0 saturated heterocycles. The van der Waals surface area contributed by atoms with Crippen LogP contribution in [0.5, 0.6) is 0 Å². The lowest BCUT2D eigenvalue weighted by atomic mass is 9.62. The lowest BCUT2D eigenvalue weighted by Crippen LogP contribution is -2.40. The monoisotopic (exact) mass is 450 g/mol. The molecular weight excluding hydrogens is 404 g/mol. The second-order valence-electron chi connectivity index (χ2n) is 13.9. The third-order valence-corrected chi connectivity index (χ3v) is 6.75. The third-order valence-electron chi connectivity index (χ3n) is 6.75. The first-order valence-electron chi connectivity index (χ1n) is 12.2. The van der Waals surface area contributed by atoms with Crippen molar-refractivity contribution in [2.45, 2.75) is 117 Å². The molecule has 0 unspecified atom stereocenters. The molecular formula is C31H46O2. The fourth-order valence-electron chi connectivity index (χ4n) is 5.18. The summed E-state index contributed by atoms with van der Waals surface area (Å²) in [5.74, 6) is -0.810. The average Bonchev–Trinajstić information content (AvgIpc) is 2.63. The molecule has 2 aromatic rings. The van der Waals surface area contributed by atoms with E-state index in [0.29, 0.717) is 0 Å². The van der Waals surface area contributed by atoms with Gasteiger partial charge in [0.2, 0.25) is 0 Å². The van der Waals surface area contributed by atoms with Crippen LogP contribution in [0, 0.1) is 0 Å². The highest BCUT2D eigenvalue weighted by atomic mass is 16.4. The molecule has 2 nitrogen and oxygen atoms in total. The van der Waals surface area contributed by atoms with Crippen LogP contribution in [0.15, 0.2) is 36.4 Å². The highest BCUT2D eigenvalue weighted by molar-refractivity contribution is 5.87. The van der Waals surface area contributed by atoms with Crippen molar-refractivity contribution in [3.8, 4) is 0 Å². The molecule has 0 aliphatic rings. The van der Waals surface area contributed by atoms with Gasteiger partial charge >= 0.3 is 5.97 Å². The molecule has 0 radical (unpaired) electrons. The first-order valence-corrected chi connectivity index (χ1v) is 12.2. The summed E-state index contributed by atoms with van der Waals surface area (Å²) in [6, 6.07) is 12.5. The average molecular weight is 451 g/mol. The number of hydrogen-bond donors (Lipinski definition) is 1. The Labute approximate surface area is 202 Å². The van der Waals surface area contributed by atoms with Gasteiger partial charge in [-0.2, -0.15) is 0 Å². The van der Waals surface area contributed by atoms with E-state index in [4.69, 9.17) is 0 Å². The molecule has 0 saturated carbocycles. The van der Waals surface area contributed by atoms with Crippen molar-refractivity contribution in [3.63, 3.8) is 0 Å². The second kappa shape index (κ2) is 8.29. The molecule has 2 heteroatoms. The summed E-state index contributed by atoms with van der Waals surface area (Å²) < 4.78 is 0. The zero-order valence-corrected chi connectivity index (χ0v) is 23.3. The van der Waals surface area contributed by atoms with E-state index >= 15 is 0 Å². The fraction of sp³-hybridized carbons (Fsp3) is 0.581. The smallest absolute Gasteiger partial charge is 0.318 e. The number of carboxylic acid groups (broad SMARTS) is 1. The quantitative estimate of drug-likeness (QED) is 0.511.